The molecule has 0 saturated carbocycles. The average Bonchev–Trinajstić information content (AvgIpc) is 2.69. The number of hydrogen-bond acceptors (Lipinski definition) is 1. The molecule has 0 fully saturated rings. The fourth-order valence-electron chi connectivity index (χ4n) is 4.31. The zero-order chi connectivity index (χ0) is 20.5. The van der Waals surface area contributed by atoms with E-state index in [1.165, 1.54) is 42.5 Å². The molecule has 28 heavy (non-hydrogen) atoms. The molecule has 0 bridgehead atoms. The minimum absolute atomic E-state index is 0.0719. The Kier molecular flexibility index (Phi) is 8.97. The molecule has 0 N–H and O–H groups in total. The van der Waals surface area contributed by atoms with Crippen LogP contribution in [0, 0.1) is 5.92 Å². The van der Waals surface area contributed by atoms with Gasteiger partial charge in [0.25, 0.3) is 8.32 Å². The van der Waals surface area contributed by atoms with Crippen molar-refractivity contribution in [2.24, 2.45) is 5.92 Å². The molecule has 0 aliphatic heterocycles. The quantitative estimate of drug-likeness (QED) is 0.309. The zero-order valence-electron chi connectivity index (χ0n) is 18.7. The summed E-state index contributed by atoms with van der Waals surface area (Å²) < 4.78 is 6.98. The van der Waals surface area contributed by atoms with Crippen LogP contribution in [0.25, 0.3) is 0 Å². The van der Waals surface area contributed by atoms with Gasteiger partial charge in [0.05, 0.1) is 0 Å². The second-order valence-corrected chi connectivity index (χ2v) is 13.6. The van der Waals surface area contributed by atoms with E-state index in [0.29, 0.717) is 0 Å². The molecule has 0 amide bonds. The van der Waals surface area contributed by atoms with Crippen molar-refractivity contribution in [2.75, 3.05) is 6.61 Å². The van der Waals surface area contributed by atoms with Crippen molar-refractivity contribution in [1.29, 1.82) is 0 Å². The standard InChI is InChI=1S/C26H40OSi/c1-6-7-10-16-23(2)17-15-22-27-28(26(3,4)5,24-18-11-8-12-19-24)25-20-13-9-14-21-25/h8-9,11-14,18-21,23H,6-7,10,15-17,22H2,1-5H3. The van der Waals surface area contributed by atoms with E-state index in [0.717, 1.165) is 18.9 Å². The molecule has 1 atom stereocenters. The third kappa shape index (κ3) is 5.81. The van der Waals surface area contributed by atoms with Crippen molar-refractivity contribution in [2.45, 2.75) is 78.2 Å². The van der Waals surface area contributed by atoms with E-state index >= 15 is 0 Å². The molecule has 2 aromatic rings. The van der Waals surface area contributed by atoms with Crippen LogP contribution < -0.4 is 10.4 Å². The summed E-state index contributed by atoms with van der Waals surface area (Å²) in [7, 11) is -2.35. The van der Waals surface area contributed by atoms with Crippen molar-refractivity contribution in [3.63, 3.8) is 0 Å². The minimum Gasteiger partial charge on any atom is -0.407 e. The Morgan fingerprint density at radius 2 is 1.29 bits per heavy atom. The van der Waals surface area contributed by atoms with Gasteiger partial charge in [0.1, 0.15) is 0 Å². The Bertz CT molecular complexity index is 620. The largest absolute Gasteiger partial charge is 0.407 e. The van der Waals surface area contributed by atoms with Crippen LogP contribution in [0.4, 0.5) is 0 Å². The lowest BCUT2D eigenvalue weighted by molar-refractivity contribution is 0.275. The van der Waals surface area contributed by atoms with Gasteiger partial charge in [0, 0.05) is 6.61 Å². The van der Waals surface area contributed by atoms with E-state index in [1.807, 2.05) is 0 Å². The van der Waals surface area contributed by atoms with E-state index < -0.39 is 8.32 Å². The van der Waals surface area contributed by atoms with Crippen LogP contribution in [0.1, 0.15) is 73.1 Å². The highest BCUT2D eigenvalue weighted by atomic mass is 28.4. The minimum atomic E-state index is -2.35. The van der Waals surface area contributed by atoms with Crippen LogP contribution in [0.2, 0.25) is 5.04 Å². The third-order valence-electron chi connectivity index (χ3n) is 5.88. The second kappa shape index (κ2) is 11.0. The Morgan fingerprint density at radius 1 is 0.786 bits per heavy atom. The smallest absolute Gasteiger partial charge is 0.261 e. The summed E-state index contributed by atoms with van der Waals surface area (Å²) in [5.74, 6) is 0.800. The normalized spacial score (nSPS) is 13.5. The van der Waals surface area contributed by atoms with Gasteiger partial charge in [-0.25, -0.2) is 0 Å². The molecule has 2 heteroatoms. The number of rotatable bonds is 11. The van der Waals surface area contributed by atoms with Gasteiger partial charge in [-0.15, -0.1) is 0 Å². The molecule has 0 aliphatic carbocycles. The summed E-state index contributed by atoms with van der Waals surface area (Å²) in [4.78, 5) is 0. The first-order valence-electron chi connectivity index (χ1n) is 11.2. The summed E-state index contributed by atoms with van der Waals surface area (Å²) in [6, 6.07) is 21.9. The van der Waals surface area contributed by atoms with E-state index in [2.05, 4.69) is 95.3 Å². The summed E-state index contributed by atoms with van der Waals surface area (Å²) in [6.45, 7) is 12.6. The highest BCUT2D eigenvalue weighted by molar-refractivity contribution is 6.99. The van der Waals surface area contributed by atoms with Crippen LogP contribution in [0.3, 0.4) is 0 Å². The topological polar surface area (TPSA) is 9.23 Å². The third-order valence-corrected chi connectivity index (χ3v) is 10.9. The lowest BCUT2D eigenvalue weighted by Crippen LogP contribution is -2.66. The van der Waals surface area contributed by atoms with Crippen molar-refractivity contribution in [1.82, 2.24) is 0 Å². The van der Waals surface area contributed by atoms with Crippen LogP contribution in [-0.4, -0.2) is 14.9 Å². The Hall–Kier alpha value is -1.38. The maximum Gasteiger partial charge on any atom is 0.261 e. The first-order chi connectivity index (χ1) is 13.4. The van der Waals surface area contributed by atoms with Crippen molar-refractivity contribution in [3.8, 4) is 0 Å². The molecule has 1 unspecified atom stereocenters. The molecular weight excluding hydrogens is 356 g/mol. The Morgan fingerprint density at radius 3 is 1.75 bits per heavy atom. The van der Waals surface area contributed by atoms with Crippen LogP contribution in [0.5, 0.6) is 0 Å². The fraction of sp³-hybridized carbons (Fsp3) is 0.538. The number of hydrogen-bond donors (Lipinski definition) is 0. The number of benzene rings is 2. The van der Waals surface area contributed by atoms with Crippen LogP contribution >= 0.6 is 0 Å². The monoisotopic (exact) mass is 396 g/mol. The van der Waals surface area contributed by atoms with Gasteiger partial charge < -0.3 is 4.43 Å². The predicted molar refractivity (Wildman–Crippen MR) is 126 cm³/mol. The first-order valence-corrected chi connectivity index (χ1v) is 13.1. The molecule has 0 saturated heterocycles. The molecule has 1 nitrogen and oxygen atoms in total. The summed E-state index contributed by atoms with van der Waals surface area (Å²) in [5.41, 5.74) is 0. The lowest BCUT2D eigenvalue weighted by atomic mass is 9.99. The summed E-state index contributed by atoms with van der Waals surface area (Å²) in [6.07, 6.45) is 7.81. The van der Waals surface area contributed by atoms with Crippen molar-refractivity contribution in [3.05, 3.63) is 60.7 Å². The van der Waals surface area contributed by atoms with E-state index in [1.54, 1.807) is 0 Å². The molecule has 2 aromatic carbocycles. The number of unbranched alkanes of at least 4 members (excludes halogenated alkanes) is 2. The van der Waals surface area contributed by atoms with Gasteiger partial charge in [0.2, 0.25) is 0 Å². The zero-order valence-corrected chi connectivity index (χ0v) is 19.7. The maximum atomic E-state index is 6.98. The van der Waals surface area contributed by atoms with Gasteiger partial charge >= 0.3 is 0 Å². The molecule has 0 radical (unpaired) electrons. The average molecular weight is 397 g/mol. The van der Waals surface area contributed by atoms with Gasteiger partial charge in [-0.3, -0.25) is 0 Å². The molecule has 154 valence electrons. The molecular formula is C26H40OSi. The van der Waals surface area contributed by atoms with Gasteiger partial charge in [-0.1, -0.05) is 121 Å². The molecule has 0 aromatic heterocycles. The highest BCUT2D eigenvalue weighted by Crippen LogP contribution is 2.36. The fourth-order valence-corrected chi connectivity index (χ4v) is 8.91. The molecule has 0 heterocycles. The van der Waals surface area contributed by atoms with E-state index in [4.69, 9.17) is 4.43 Å². The van der Waals surface area contributed by atoms with Gasteiger partial charge in [-0.2, -0.15) is 0 Å². The van der Waals surface area contributed by atoms with E-state index in [9.17, 15) is 0 Å². The molecule has 0 spiro atoms. The summed E-state index contributed by atoms with van der Waals surface area (Å²) >= 11 is 0. The first kappa shape index (κ1) is 22.9. The van der Waals surface area contributed by atoms with Crippen molar-refractivity contribution < 1.29 is 4.43 Å². The highest BCUT2D eigenvalue weighted by Gasteiger charge is 2.49. The Labute approximate surface area is 174 Å². The summed E-state index contributed by atoms with van der Waals surface area (Å²) in [5, 5.41) is 2.83. The van der Waals surface area contributed by atoms with Crippen molar-refractivity contribution >= 4 is 18.7 Å². The maximum absolute atomic E-state index is 6.98. The van der Waals surface area contributed by atoms with Crippen LogP contribution in [0.15, 0.2) is 60.7 Å². The Balaban J connectivity index is 2.18. The van der Waals surface area contributed by atoms with Gasteiger partial charge in [-0.05, 0) is 34.2 Å². The molecule has 0 aliphatic rings. The van der Waals surface area contributed by atoms with E-state index in [-0.39, 0.29) is 5.04 Å². The lowest BCUT2D eigenvalue weighted by Gasteiger charge is -2.43. The predicted octanol–water partition coefficient (Wildman–Crippen LogP) is 6.56. The van der Waals surface area contributed by atoms with Gasteiger partial charge in [0.15, 0.2) is 0 Å². The SMILES string of the molecule is CCCCCC(C)CCCO[Si](c1ccccc1)(c1ccccc1)C(C)(C)C. The van der Waals surface area contributed by atoms with Crippen LogP contribution in [-0.2, 0) is 4.43 Å². The second-order valence-electron chi connectivity index (χ2n) is 9.25. The molecule has 2 rings (SSSR count).